The number of nitrogens with zero attached hydrogens (tertiary/aromatic N) is 2. The fourth-order valence-corrected chi connectivity index (χ4v) is 4.50. The van der Waals surface area contributed by atoms with Gasteiger partial charge < -0.3 is 14.8 Å². The van der Waals surface area contributed by atoms with Crippen LogP contribution in [0.25, 0.3) is 33.3 Å². The maximum absolute atomic E-state index is 14.4. The Hall–Kier alpha value is -4.10. The average Bonchev–Trinajstić information content (AvgIpc) is 3.28. The molecule has 0 aliphatic carbocycles. The van der Waals surface area contributed by atoms with E-state index in [1.54, 1.807) is 18.3 Å². The first-order valence-electron chi connectivity index (χ1n) is 10.8. The van der Waals surface area contributed by atoms with E-state index in [4.69, 9.17) is 4.74 Å². The summed E-state index contributed by atoms with van der Waals surface area (Å²) in [5.74, 6) is -2.88. The first kappa shape index (κ1) is 20.5. The highest BCUT2D eigenvalue weighted by Crippen LogP contribution is 2.42. The number of ether oxygens (including phenoxy) is 1. The molecule has 5 aromatic rings. The molecule has 0 amide bonds. The Labute approximate surface area is 193 Å². The van der Waals surface area contributed by atoms with Gasteiger partial charge in [-0.1, -0.05) is 36.4 Å². The van der Waals surface area contributed by atoms with Gasteiger partial charge >= 0.3 is 0 Å². The Balaban J connectivity index is 1.43. The molecule has 2 aromatic carbocycles. The monoisotopic (exact) mass is 455 g/mol. The highest BCUT2D eigenvalue weighted by Gasteiger charge is 2.42. The Morgan fingerprint density at radius 3 is 2.71 bits per heavy atom. The van der Waals surface area contributed by atoms with Crippen molar-refractivity contribution in [3.63, 3.8) is 0 Å². The number of nitrogens with one attached hydrogen (secondary N) is 1. The van der Waals surface area contributed by atoms with Crippen molar-refractivity contribution in [2.45, 2.75) is 12.0 Å². The van der Waals surface area contributed by atoms with E-state index >= 15 is 0 Å². The van der Waals surface area contributed by atoms with Crippen LogP contribution >= 0.6 is 0 Å². The summed E-state index contributed by atoms with van der Waals surface area (Å²) in [6.45, 7) is -0.693. The second-order valence-electron chi connectivity index (χ2n) is 8.30. The van der Waals surface area contributed by atoms with Gasteiger partial charge in [-0.05, 0) is 41.5 Å². The highest BCUT2D eigenvalue weighted by molar-refractivity contribution is 5.97. The topological polar surface area (TPSA) is 71.0 Å². The van der Waals surface area contributed by atoms with Gasteiger partial charge in [-0.25, -0.2) is 4.98 Å². The standard InChI is InChI=1S/C27H19F2N3O2/c28-27(29)15-34-25(24-22(27)8-4-10-30-24)17-6-3-5-16(11-17)18-12-20-21(14-32-26(20)31-13-18)19-7-1-2-9-23(19)33/h1-14,25,33H,15H2,(H,31,32). The second kappa shape index (κ2) is 7.74. The average molecular weight is 455 g/mol. The third-order valence-corrected chi connectivity index (χ3v) is 6.16. The lowest BCUT2D eigenvalue weighted by atomic mass is 9.93. The number of aromatic nitrogens is 3. The fourth-order valence-electron chi connectivity index (χ4n) is 4.50. The van der Waals surface area contributed by atoms with Crippen LogP contribution in [0.3, 0.4) is 0 Å². The number of rotatable bonds is 3. The highest BCUT2D eigenvalue weighted by atomic mass is 19.3. The molecule has 2 N–H and O–H groups in total. The molecule has 3 aromatic heterocycles. The number of hydrogen-bond donors (Lipinski definition) is 2. The molecule has 1 aliphatic heterocycles. The van der Waals surface area contributed by atoms with E-state index in [0.29, 0.717) is 11.2 Å². The van der Waals surface area contributed by atoms with Gasteiger partial charge in [-0.2, -0.15) is 8.78 Å². The maximum atomic E-state index is 14.4. The van der Waals surface area contributed by atoms with Crippen molar-refractivity contribution in [2.24, 2.45) is 0 Å². The lowest BCUT2D eigenvalue weighted by molar-refractivity contribution is -0.117. The van der Waals surface area contributed by atoms with Crippen molar-refractivity contribution in [1.29, 1.82) is 0 Å². The Morgan fingerprint density at radius 1 is 0.941 bits per heavy atom. The summed E-state index contributed by atoms with van der Waals surface area (Å²) in [7, 11) is 0. The smallest absolute Gasteiger partial charge is 0.297 e. The molecule has 1 unspecified atom stereocenters. The number of aromatic amines is 1. The maximum Gasteiger partial charge on any atom is 0.297 e. The van der Waals surface area contributed by atoms with Gasteiger partial charge in [-0.3, -0.25) is 4.98 Å². The SMILES string of the molecule is Oc1ccccc1-c1c[nH]c2ncc(-c3cccc(C4OCC(F)(F)c5cccnc54)c3)cc12. The number of phenols is 1. The number of benzene rings is 2. The lowest BCUT2D eigenvalue weighted by Crippen LogP contribution is -2.31. The third kappa shape index (κ3) is 3.33. The summed E-state index contributed by atoms with van der Waals surface area (Å²) in [6, 6.07) is 19.7. The van der Waals surface area contributed by atoms with Crippen LogP contribution in [0.1, 0.15) is 22.9 Å². The predicted molar refractivity (Wildman–Crippen MR) is 125 cm³/mol. The molecule has 0 radical (unpaired) electrons. The third-order valence-electron chi connectivity index (χ3n) is 6.16. The number of aromatic hydroxyl groups is 1. The zero-order chi connectivity index (χ0) is 23.3. The molecule has 5 nitrogen and oxygen atoms in total. The summed E-state index contributed by atoms with van der Waals surface area (Å²) in [5.41, 5.74) is 4.85. The molecule has 6 rings (SSSR count). The number of alkyl halides is 2. The van der Waals surface area contributed by atoms with Gasteiger partial charge in [0.05, 0.1) is 5.69 Å². The van der Waals surface area contributed by atoms with E-state index < -0.39 is 18.6 Å². The van der Waals surface area contributed by atoms with E-state index in [9.17, 15) is 13.9 Å². The van der Waals surface area contributed by atoms with Crippen molar-refractivity contribution in [3.05, 3.63) is 102 Å². The van der Waals surface area contributed by atoms with Crippen LogP contribution in [-0.4, -0.2) is 26.7 Å². The van der Waals surface area contributed by atoms with E-state index in [-0.39, 0.29) is 17.0 Å². The molecule has 168 valence electrons. The molecule has 0 saturated carbocycles. The van der Waals surface area contributed by atoms with Gasteiger partial charge in [0.1, 0.15) is 24.1 Å². The number of para-hydroxylation sites is 1. The van der Waals surface area contributed by atoms with Crippen molar-refractivity contribution in [1.82, 2.24) is 15.0 Å². The molecule has 0 spiro atoms. The minimum Gasteiger partial charge on any atom is -0.507 e. The summed E-state index contributed by atoms with van der Waals surface area (Å²) < 4.78 is 34.3. The van der Waals surface area contributed by atoms with Crippen molar-refractivity contribution in [2.75, 3.05) is 6.61 Å². The summed E-state index contributed by atoms with van der Waals surface area (Å²) in [4.78, 5) is 11.9. The molecule has 34 heavy (non-hydrogen) atoms. The van der Waals surface area contributed by atoms with Crippen LogP contribution in [0.5, 0.6) is 5.75 Å². The van der Waals surface area contributed by atoms with Crippen LogP contribution < -0.4 is 0 Å². The number of pyridine rings is 2. The van der Waals surface area contributed by atoms with E-state index in [1.807, 2.05) is 48.7 Å². The fraction of sp³-hybridized carbons (Fsp3) is 0.111. The van der Waals surface area contributed by atoms with E-state index in [2.05, 4.69) is 15.0 Å². The minimum absolute atomic E-state index is 0.0978. The lowest BCUT2D eigenvalue weighted by Gasteiger charge is -2.31. The van der Waals surface area contributed by atoms with Crippen LogP contribution in [0, 0.1) is 0 Å². The zero-order valence-corrected chi connectivity index (χ0v) is 17.9. The molecule has 0 saturated heterocycles. The summed E-state index contributed by atoms with van der Waals surface area (Å²) >= 11 is 0. The normalized spacial score (nSPS) is 16.9. The van der Waals surface area contributed by atoms with Gasteiger partial charge in [-0.15, -0.1) is 0 Å². The van der Waals surface area contributed by atoms with Crippen molar-refractivity contribution < 1.29 is 18.6 Å². The zero-order valence-electron chi connectivity index (χ0n) is 17.9. The van der Waals surface area contributed by atoms with Crippen molar-refractivity contribution in [3.8, 4) is 28.0 Å². The van der Waals surface area contributed by atoms with Gasteiger partial charge in [0.15, 0.2) is 0 Å². The number of hydrogen-bond acceptors (Lipinski definition) is 4. The Morgan fingerprint density at radius 2 is 1.82 bits per heavy atom. The number of halogens is 2. The second-order valence-corrected chi connectivity index (χ2v) is 8.30. The number of fused-ring (bicyclic) bond motifs is 2. The van der Waals surface area contributed by atoms with E-state index in [0.717, 1.165) is 27.6 Å². The minimum atomic E-state index is -3.07. The van der Waals surface area contributed by atoms with Crippen LogP contribution in [0.15, 0.2) is 85.3 Å². The molecule has 4 heterocycles. The number of phenolic OH excluding ortho intramolecular Hbond substituents is 1. The predicted octanol–water partition coefficient (Wildman–Crippen LogP) is 6.21. The molecule has 1 aliphatic rings. The first-order chi connectivity index (χ1) is 16.5. The largest absolute Gasteiger partial charge is 0.507 e. The van der Waals surface area contributed by atoms with Crippen LogP contribution in [0.2, 0.25) is 0 Å². The quantitative estimate of drug-likeness (QED) is 0.339. The Bertz CT molecular complexity index is 1530. The van der Waals surface area contributed by atoms with Crippen LogP contribution in [0.4, 0.5) is 8.78 Å². The van der Waals surface area contributed by atoms with Crippen LogP contribution in [-0.2, 0) is 10.7 Å². The van der Waals surface area contributed by atoms with Crippen molar-refractivity contribution >= 4 is 11.0 Å². The first-order valence-corrected chi connectivity index (χ1v) is 10.8. The summed E-state index contributed by atoms with van der Waals surface area (Å²) in [5, 5.41) is 11.2. The molecular weight excluding hydrogens is 436 g/mol. The number of H-pyrrole nitrogens is 1. The molecule has 0 fully saturated rings. The molecular formula is C27H19F2N3O2. The van der Waals surface area contributed by atoms with E-state index in [1.165, 1.54) is 18.3 Å². The molecule has 0 bridgehead atoms. The van der Waals surface area contributed by atoms with Gasteiger partial charge in [0.2, 0.25) is 0 Å². The Kier molecular flexibility index (Phi) is 4.67. The molecule has 1 atom stereocenters. The van der Waals surface area contributed by atoms with Gasteiger partial charge in [0, 0.05) is 46.2 Å². The summed E-state index contributed by atoms with van der Waals surface area (Å²) in [6.07, 6.45) is 4.40. The molecule has 7 heteroatoms. The van der Waals surface area contributed by atoms with Gasteiger partial charge in [0.25, 0.3) is 5.92 Å².